The summed E-state index contributed by atoms with van der Waals surface area (Å²) >= 11 is 0. The van der Waals surface area contributed by atoms with Crippen LogP contribution in [0.25, 0.3) is 0 Å². The van der Waals surface area contributed by atoms with E-state index in [2.05, 4.69) is 19.2 Å². The number of ether oxygens (including phenoxy) is 1. The van der Waals surface area contributed by atoms with Crippen molar-refractivity contribution in [2.75, 3.05) is 13.2 Å². The van der Waals surface area contributed by atoms with Crippen LogP contribution in [0.2, 0.25) is 0 Å². The molecule has 0 spiro atoms. The van der Waals surface area contributed by atoms with Gasteiger partial charge < -0.3 is 9.84 Å². The summed E-state index contributed by atoms with van der Waals surface area (Å²) in [6.45, 7) is 9.85. The lowest BCUT2D eigenvalue weighted by atomic mass is 9.66. The van der Waals surface area contributed by atoms with Crippen LogP contribution in [0.15, 0.2) is 24.8 Å². The van der Waals surface area contributed by atoms with Crippen LogP contribution in [0, 0.1) is 29.6 Å². The first kappa shape index (κ1) is 23.2. The zero-order valence-corrected chi connectivity index (χ0v) is 18.0. The number of carbonyl (C=O) groups excluding carboxylic acids is 1. The van der Waals surface area contributed by atoms with Crippen LogP contribution in [-0.4, -0.2) is 24.3 Å². The minimum Gasteiger partial charge on any atom is -0.462 e. The first-order chi connectivity index (χ1) is 13.5. The maximum absolute atomic E-state index is 11.6. The van der Waals surface area contributed by atoms with Crippen LogP contribution in [0.5, 0.6) is 0 Å². The molecule has 0 bridgehead atoms. The van der Waals surface area contributed by atoms with Gasteiger partial charge in [-0.05, 0) is 101 Å². The summed E-state index contributed by atoms with van der Waals surface area (Å²) in [4.78, 5) is 11.6. The zero-order valence-electron chi connectivity index (χ0n) is 18.0. The normalized spacial score (nSPS) is 29.1. The largest absolute Gasteiger partial charge is 0.462 e. The van der Waals surface area contributed by atoms with Crippen LogP contribution in [0.3, 0.4) is 0 Å². The predicted molar refractivity (Wildman–Crippen MR) is 116 cm³/mol. The molecule has 0 aromatic carbocycles. The van der Waals surface area contributed by atoms with Gasteiger partial charge in [0.2, 0.25) is 0 Å². The lowest BCUT2D eigenvalue weighted by molar-refractivity contribution is -0.139. The number of hydrogen-bond donors (Lipinski definition) is 1. The molecule has 2 aliphatic rings. The number of rotatable bonds is 11. The van der Waals surface area contributed by atoms with Crippen LogP contribution in [-0.2, 0) is 9.53 Å². The number of hydrogen-bond acceptors (Lipinski definition) is 3. The number of carbonyl (C=O) groups is 1. The predicted octanol–water partition coefficient (Wildman–Crippen LogP) is 6.07. The van der Waals surface area contributed by atoms with Crippen molar-refractivity contribution in [2.45, 2.75) is 84.0 Å². The Balaban J connectivity index is 1.72. The van der Waals surface area contributed by atoms with Crippen molar-refractivity contribution in [3.8, 4) is 0 Å². The molecule has 1 atom stereocenters. The first-order valence-electron chi connectivity index (χ1n) is 11.6. The molecular weight excluding hydrogens is 348 g/mol. The number of aliphatic hydroxyl groups is 1. The SMILES string of the molecule is C=CCCC1CCC(C2CCC(C(CCO)CCOC(=O)C(=C)C)CC2)CC1. The van der Waals surface area contributed by atoms with E-state index in [4.69, 9.17) is 4.74 Å². The third-order valence-corrected chi connectivity index (χ3v) is 7.39. The summed E-state index contributed by atoms with van der Waals surface area (Å²) in [6.07, 6.45) is 17.2. The first-order valence-corrected chi connectivity index (χ1v) is 11.6. The molecule has 0 aliphatic heterocycles. The molecule has 28 heavy (non-hydrogen) atoms. The lowest BCUT2D eigenvalue weighted by Gasteiger charge is -2.39. The average Bonchev–Trinajstić information content (AvgIpc) is 2.72. The molecule has 2 saturated carbocycles. The second-order valence-corrected chi connectivity index (χ2v) is 9.30. The molecule has 2 rings (SSSR count). The summed E-state index contributed by atoms with van der Waals surface area (Å²) < 4.78 is 5.30. The lowest BCUT2D eigenvalue weighted by Crippen LogP contribution is -2.29. The molecule has 1 N–H and O–H groups in total. The molecule has 1 unspecified atom stereocenters. The van der Waals surface area contributed by atoms with Crippen LogP contribution >= 0.6 is 0 Å². The highest BCUT2D eigenvalue weighted by Crippen LogP contribution is 2.44. The topological polar surface area (TPSA) is 46.5 Å². The van der Waals surface area contributed by atoms with E-state index in [-0.39, 0.29) is 12.6 Å². The summed E-state index contributed by atoms with van der Waals surface area (Å²) in [7, 11) is 0. The Morgan fingerprint density at radius 2 is 1.68 bits per heavy atom. The van der Waals surface area contributed by atoms with E-state index in [1.54, 1.807) is 6.92 Å². The van der Waals surface area contributed by atoms with E-state index in [0.717, 1.165) is 30.6 Å². The standard InChI is InChI=1S/C25H42O3/c1-4-5-6-20-7-9-21(10-8-20)22-11-13-23(14-12-22)24(15-17-26)16-18-28-25(27)19(2)3/h4,20-24,26H,1-2,5-18H2,3H3. The molecule has 0 amide bonds. The van der Waals surface area contributed by atoms with Gasteiger partial charge in [-0.2, -0.15) is 0 Å². The smallest absolute Gasteiger partial charge is 0.333 e. The third-order valence-electron chi connectivity index (χ3n) is 7.39. The number of esters is 1. The summed E-state index contributed by atoms with van der Waals surface area (Å²) in [5.41, 5.74) is 0.457. The van der Waals surface area contributed by atoms with Gasteiger partial charge in [0, 0.05) is 12.2 Å². The molecule has 0 saturated heterocycles. The molecule has 160 valence electrons. The Bertz CT molecular complexity index is 482. The number of aliphatic hydroxyl groups excluding tert-OH is 1. The molecule has 3 heteroatoms. The van der Waals surface area contributed by atoms with E-state index in [1.165, 1.54) is 64.2 Å². The van der Waals surface area contributed by atoms with Gasteiger partial charge in [0.1, 0.15) is 0 Å². The second-order valence-electron chi connectivity index (χ2n) is 9.30. The molecule has 0 aromatic heterocycles. The fraction of sp³-hybridized carbons (Fsp3) is 0.800. The van der Waals surface area contributed by atoms with Crippen molar-refractivity contribution in [1.82, 2.24) is 0 Å². The Labute approximate surface area is 172 Å². The van der Waals surface area contributed by atoms with Gasteiger partial charge in [-0.15, -0.1) is 6.58 Å². The van der Waals surface area contributed by atoms with Gasteiger partial charge in [0.05, 0.1) is 6.61 Å². The van der Waals surface area contributed by atoms with Crippen LogP contribution < -0.4 is 0 Å². The molecule has 0 heterocycles. The Kier molecular flexibility index (Phi) is 10.3. The summed E-state index contributed by atoms with van der Waals surface area (Å²) in [6, 6.07) is 0. The van der Waals surface area contributed by atoms with Crippen molar-refractivity contribution in [3.05, 3.63) is 24.8 Å². The van der Waals surface area contributed by atoms with Crippen molar-refractivity contribution in [2.24, 2.45) is 29.6 Å². The average molecular weight is 391 g/mol. The zero-order chi connectivity index (χ0) is 20.4. The van der Waals surface area contributed by atoms with Gasteiger partial charge in [-0.25, -0.2) is 4.79 Å². The Hall–Kier alpha value is -1.09. The van der Waals surface area contributed by atoms with Crippen molar-refractivity contribution in [1.29, 1.82) is 0 Å². The molecule has 0 aromatic rings. The summed E-state index contributed by atoms with van der Waals surface area (Å²) in [5, 5.41) is 9.48. The Morgan fingerprint density at radius 3 is 2.21 bits per heavy atom. The maximum atomic E-state index is 11.6. The maximum Gasteiger partial charge on any atom is 0.333 e. The highest BCUT2D eigenvalue weighted by atomic mass is 16.5. The monoisotopic (exact) mass is 390 g/mol. The van der Waals surface area contributed by atoms with E-state index in [0.29, 0.717) is 24.0 Å². The fourth-order valence-corrected chi connectivity index (χ4v) is 5.60. The van der Waals surface area contributed by atoms with Gasteiger partial charge in [0.25, 0.3) is 0 Å². The second kappa shape index (κ2) is 12.5. The quantitative estimate of drug-likeness (QED) is 0.264. The highest BCUT2D eigenvalue weighted by molar-refractivity contribution is 5.86. The molecule has 0 radical (unpaired) electrons. The van der Waals surface area contributed by atoms with Gasteiger partial charge in [0.15, 0.2) is 0 Å². The van der Waals surface area contributed by atoms with Crippen molar-refractivity contribution >= 4 is 5.97 Å². The minimum atomic E-state index is -0.296. The Morgan fingerprint density at radius 1 is 1.07 bits per heavy atom. The van der Waals surface area contributed by atoms with E-state index >= 15 is 0 Å². The van der Waals surface area contributed by atoms with Crippen molar-refractivity contribution < 1.29 is 14.6 Å². The fourth-order valence-electron chi connectivity index (χ4n) is 5.60. The molecular formula is C25H42O3. The van der Waals surface area contributed by atoms with E-state index in [1.807, 2.05) is 0 Å². The molecule has 2 aliphatic carbocycles. The van der Waals surface area contributed by atoms with E-state index in [9.17, 15) is 9.90 Å². The highest BCUT2D eigenvalue weighted by Gasteiger charge is 2.33. The van der Waals surface area contributed by atoms with Gasteiger partial charge >= 0.3 is 5.97 Å². The van der Waals surface area contributed by atoms with Gasteiger partial charge in [-0.3, -0.25) is 0 Å². The van der Waals surface area contributed by atoms with Gasteiger partial charge in [-0.1, -0.05) is 25.5 Å². The van der Waals surface area contributed by atoms with E-state index < -0.39 is 0 Å². The summed E-state index contributed by atoms with van der Waals surface area (Å²) in [5.74, 6) is 3.63. The van der Waals surface area contributed by atoms with Crippen molar-refractivity contribution in [3.63, 3.8) is 0 Å². The molecule has 2 fully saturated rings. The van der Waals surface area contributed by atoms with Crippen LogP contribution in [0.1, 0.15) is 84.0 Å². The molecule has 3 nitrogen and oxygen atoms in total. The van der Waals surface area contributed by atoms with Crippen LogP contribution in [0.4, 0.5) is 0 Å². The minimum absolute atomic E-state index is 0.230. The number of allylic oxidation sites excluding steroid dienone is 1. The third kappa shape index (κ3) is 7.39.